The zero-order valence-corrected chi connectivity index (χ0v) is 17.0. The van der Waals surface area contributed by atoms with Gasteiger partial charge in [-0.25, -0.2) is 0 Å². The van der Waals surface area contributed by atoms with Gasteiger partial charge in [0.25, 0.3) is 0 Å². The molecule has 0 aliphatic rings. The number of carbonyl (C=O) groups is 1. The van der Waals surface area contributed by atoms with Crippen molar-refractivity contribution in [3.63, 3.8) is 0 Å². The number of ether oxygens (including phenoxy) is 1. The number of hydrogen-bond donors (Lipinski definition) is 0. The average Bonchev–Trinajstić information content (AvgIpc) is 3.28. The summed E-state index contributed by atoms with van der Waals surface area (Å²) in [6.07, 6.45) is 0.990. The van der Waals surface area contributed by atoms with E-state index in [-0.39, 0.29) is 5.78 Å². The third-order valence-corrected chi connectivity index (χ3v) is 4.76. The van der Waals surface area contributed by atoms with Crippen molar-refractivity contribution < 1.29 is 13.9 Å². The lowest BCUT2D eigenvalue weighted by molar-refractivity contribution is 0.101. The Morgan fingerprint density at radius 2 is 1.23 bits per heavy atom. The van der Waals surface area contributed by atoms with Crippen molar-refractivity contribution in [3.8, 4) is 39.8 Å². The number of Topliss-reactive ketones (excluding diaryl/α,β-unsaturated/α-hetero) is 1. The lowest BCUT2D eigenvalue weighted by Gasteiger charge is -2.06. The van der Waals surface area contributed by atoms with E-state index in [1.54, 1.807) is 12.1 Å². The number of hydrogen-bond acceptors (Lipinski definition) is 5. The van der Waals surface area contributed by atoms with E-state index in [1.807, 2.05) is 48.5 Å². The summed E-state index contributed by atoms with van der Waals surface area (Å²) in [4.78, 5) is 11.4. The number of ketones is 1. The zero-order chi connectivity index (χ0) is 20.9. The van der Waals surface area contributed by atoms with E-state index in [2.05, 4.69) is 29.3 Å². The van der Waals surface area contributed by atoms with E-state index < -0.39 is 0 Å². The van der Waals surface area contributed by atoms with Crippen LogP contribution < -0.4 is 4.74 Å². The van der Waals surface area contributed by atoms with Gasteiger partial charge in [0, 0.05) is 16.7 Å². The van der Waals surface area contributed by atoms with Gasteiger partial charge in [-0.15, -0.1) is 10.2 Å². The highest BCUT2D eigenvalue weighted by Gasteiger charge is 2.11. The van der Waals surface area contributed by atoms with E-state index in [9.17, 15) is 4.79 Å². The molecule has 1 aromatic heterocycles. The summed E-state index contributed by atoms with van der Waals surface area (Å²) in [5.74, 6) is 1.78. The van der Waals surface area contributed by atoms with Gasteiger partial charge in [-0.05, 0) is 60.9 Å². The lowest BCUT2D eigenvalue weighted by Crippen LogP contribution is -1.94. The van der Waals surface area contributed by atoms with Crippen LogP contribution in [0.15, 0.2) is 77.2 Å². The van der Waals surface area contributed by atoms with Crippen LogP contribution in [0.3, 0.4) is 0 Å². The van der Waals surface area contributed by atoms with Gasteiger partial charge in [0.2, 0.25) is 11.8 Å². The SMILES string of the molecule is CCCOc1ccc(-c2ccc(-c3nnc(-c4ccc(C(C)=O)cc4)o3)cc2)cc1. The van der Waals surface area contributed by atoms with E-state index in [0.29, 0.717) is 17.3 Å². The first kappa shape index (κ1) is 19.6. The van der Waals surface area contributed by atoms with Crippen molar-refractivity contribution in [2.75, 3.05) is 6.61 Å². The van der Waals surface area contributed by atoms with Gasteiger partial charge >= 0.3 is 0 Å². The molecule has 0 spiro atoms. The molecule has 0 N–H and O–H groups in total. The smallest absolute Gasteiger partial charge is 0.248 e. The van der Waals surface area contributed by atoms with Crippen LogP contribution >= 0.6 is 0 Å². The van der Waals surface area contributed by atoms with Crippen LogP contribution in [0.4, 0.5) is 0 Å². The molecule has 0 atom stereocenters. The maximum Gasteiger partial charge on any atom is 0.248 e. The number of rotatable bonds is 7. The van der Waals surface area contributed by atoms with Gasteiger partial charge in [0.05, 0.1) is 6.61 Å². The molecule has 0 saturated carbocycles. The van der Waals surface area contributed by atoms with Gasteiger partial charge in [0.15, 0.2) is 5.78 Å². The summed E-state index contributed by atoms with van der Waals surface area (Å²) >= 11 is 0. The Kier molecular flexibility index (Phi) is 5.70. The summed E-state index contributed by atoms with van der Waals surface area (Å²) in [5.41, 5.74) is 4.49. The molecule has 5 nitrogen and oxygen atoms in total. The molecule has 4 rings (SSSR count). The molecule has 0 fully saturated rings. The van der Waals surface area contributed by atoms with E-state index >= 15 is 0 Å². The second-order valence-corrected chi connectivity index (χ2v) is 7.00. The molecular weight excluding hydrogens is 376 g/mol. The molecular formula is C25H22N2O3. The number of nitrogens with zero attached hydrogens (tertiary/aromatic N) is 2. The predicted molar refractivity (Wildman–Crippen MR) is 116 cm³/mol. The molecule has 0 amide bonds. The van der Waals surface area contributed by atoms with Crippen molar-refractivity contribution in [2.24, 2.45) is 0 Å². The Bertz CT molecular complexity index is 1130. The van der Waals surface area contributed by atoms with Gasteiger partial charge in [0.1, 0.15) is 5.75 Å². The number of aromatic nitrogens is 2. The summed E-state index contributed by atoms with van der Waals surface area (Å²) in [6, 6.07) is 23.2. The minimum absolute atomic E-state index is 0.0241. The molecule has 4 aromatic rings. The Labute approximate surface area is 175 Å². The monoisotopic (exact) mass is 398 g/mol. The molecule has 0 radical (unpaired) electrons. The maximum atomic E-state index is 11.4. The molecule has 0 aliphatic heterocycles. The number of carbonyl (C=O) groups excluding carboxylic acids is 1. The Morgan fingerprint density at radius 3 is 1.73 bits per heavy atom. The summed E-state index contributed by atoms with van der Waals surface area (Å²) in [5, 5.41) is 8.30. The highest BCUT2D eigenvalue weighted by molar-refractivity contribution is 5.94. The molecule has 1 heterocycles. The van der Waals surface area contributed by atoms with E-state index in [0.717, 1.165) is 41.0 Å². The first-order valence-electron chi connectivity index (χ1n) is 9.92. The van der Waals surface area contributed by atoms with Gasteiger partial charge in [-0.2, -0.15) is 0 Å². The molecule has 30 heavy (non-hydrogen) atoms. The second-order valence-electron chi connectivity index (χ2n) is 7.00. The molecule has 0 bridgehead atoms. The fourth-order valence-electron chi connectivity index (χ4n) is 3.07. The van der Waals surface area contributed by atoms with Crippen molar-refractivity contribution in [2.45, 2.75) is 20.3 Å². The van der Waals surface area contributed by atoms with Crippen LogP contribution in [0.5, 0.6) is 5.75 Å². The first-order valence-corrected chi connectivity index (χ1v) is 9.92. The van der Waals surface area contributed by atoms with Crippen molar-refractivity contribution in [1.82, 2.24) is 10.2 Å². The van der Waals surface area contributed by atoms with Crippen LogP contribution in [-0.2, 0) is 0 Å². The molecule has 150 valence electrons. The zero-order valence-electron chi connectivity index (χ0n) is 17.0. The first-order chi connectivity index (χ1) is 14.6. The minimum atomic E-state index is 0.0241. The van der Waals surface area contributed by atoms with Crippen LogP contribution in [0.25, 0.3) is 34.0 Å². The predicted octanol–water partition coefficient (Wildman–Crippen LogP) is 6.06. The molecule has 5 heteroatoms. The Hall–Kier alpha value is -3.73. The van der Waals surface area contributed by atoms with Crippen LogP contribution in [-0.4, -0.2) is 22.6 Å². The summed E-state index contributed by atoms with van der Waals surface area (Å²) in [6.45, 7) is 4.35. The Balaban J connectivity index is 1.50. The average molecular weight is 398 g/mol. The number of benzene rings is 3. The molecule has 0 unspecified atom stereocenters. The van der Waals surface area contributed by atoms with Gasteiger partial charge in [-0.1, -0.05) is 43.3 Å². The highest BCUT2D eigenvalue weighted by Crippen LogP contribution is 2.28. The summed E-state index contributed by atoms with van der Waals surface area (Å²) in [7, 11) is 0. The molecule has 0 aliphatic carbocycles. The minimum Gasteiger partial charge on any atom is -0.494 e. The molecule has 0 saturated heterocycles. The van der Waals surface area contributed by atoms with E-state index in [4.69, 9.17) is 9.15 Å². The van der Waals surface area contributed by atoms with Crippen LogP contribution in [0.1, 0.15) is 30.6 Å². The van der Waals surface area contributed by atoms with Crippen LogP contribution in [0.2, 0.25) is 0 Å². The molecule has 3 aromatic carbocycles. The van der Waals surface area contributed by atoms with Gasteiger partial charge in [-0.3, -0.25) is 4.79 Å². The normalized spacial score (nSPS) is 10.7. The Morgan fingerprint density at radius 1 is 0.767 bits per heavy atom. The highest BCUT2D eigenvalue weighted by atomic mass is 16.5. The lowest BCUT2D eigenvalue weighted by atomic mass is 10.0. The topological polar surface area (TPSA) is 65.2 Å². The quantitative estimate of drug-likeness (QED) is 0.354. The van der Waals surface area contributed by atoms with Crippen LogP contribution in [0, 0.1) is 0 Å². The third kappa shape index (κ3) is 4.30. The van der Waals surface area contributed by atoms with Gasteiger partial charge < -0.3 is 9.15 Å². The van der Waals surface area contributed by atoms with Crippen molar-refractivity contribution in [1.29, 1.82) is 0 Å². The standard InChI is InChI=1S/C25H22N2O3/c1-3-16-29-23-14-12-20(13-15-23)19-6-10-22(11-7-19)25-27-26-24(30-25)21-8-4-18(5-9-21)17(2)28/h4-15H,3,16H2,1-2H3. The van der Waals surface area contributed by atoms with E-state index in [1.165, 1.54) is 6.92 Å². The summed E-state index contributed by atoms with van der Waals surface area (Å²) < 4.78 is 11.5. The largest absolute Gasteiger partial charge is 0.494 e. The maximum absolute atomic E-state index is 11.4. The van der Waals surface area contributed by atoms with Crippen molar-refractivity contribution >= 4 is 5.78 Å². The third-order valence-electron chi connectivity index (χ3n) is 4.76. The fraction of sp³-hybridized carbons (Fsp3) is 0.160. The second kappa shape index (κ2) is 8.74. The van der Waals surface area contributed by atoms with Crippen molar-refractivity contribution in [3.05, 3.63) is 78.4 Å². The fourth-order valence-corrected chi connectivity index (χ4v) is 3.07.